The Bertz CT molecular complexity index is 210. The number of halogens is 1. The Balaban J connectivity index is 0.000001000. The van der Waals surface area contributed by atoms with Crippen molar-refractivity contribution < 1.29 is 23.3 Å². The number of benzene rings is 1. The van der Waals surface area contributed by atoms with E-state index in [0.717, 1.165) is 18.4 Å². The minimum atomic E-state index is -0.119. The van der Waals surface area contributed by atoms with E-state index in [1.165, 1.54) is 6.07 Å². The van der Waals surface area contributed by atoms with Crippen molar-refractivity contribution in [1.29, 1.82) is 0 Å². The van der Waals surface area contributed by atoms with Crippen LogP contribution in [0, 0.1) is 12.7 Å². The first-order valence-electron chi connectivity index (χ1n) is 3.37. The van der Waals surface area contributed by atoms with Crippen molar-refractivity contribution in [1.82, 2.24) is 0 Å². The van der Waals surface area contributed by atoms with Crippen LogP contribution in [0.25, 0.3) is 0 Å². The van der Waals surface area contributed by atoms with E-state index in [-0.39, 0.29) is 24.7 Å². The number of hydrogen-bond acceptors (Lipinski definition) is 0. The molecule has 11 heavy (non-hydrogen) atoms. The second kappa shape index (κ2) is 5.40. The maximum atomic E-state index is 12.7. The molecule has 2 heteroatoms. The van der Waals surface area contributed by atoms with Crippen LogP contribution < -0.4 is 18.9 Å². The minimum Gasteiger partial charge on any atom is -0.343 e. The van der Waals surface area contributed by atoms with E-state index in [4.69, 9.17) is 0 Å². The van der Waals surface area contributed by atoms with E-state index in [0.29, 0.717) is 0 Å². The van der Waals surface area contributed by atoms with E-state index in [9.17, 15) is 4.39 Å². The van der Waals surface area contributed by atoms with E-state index in [2.05, 4.69) is 6.92 Å². The van der Waals surface area contributed by atoms with Crippen molar-refractivity contribution in [3.8, 4) is 0 Å². The van der Waals surface area contributed by atoms with E-state index in [1.807, 2.05) is 6.07 Å². The quantitative estimate of drug-likeness (QED) is 0.391. The van der Waals surface area contributed by atoms with Crippen LogP contribution in [-0.2, 0) is 6.42 Å². The molecule has 1 aromatic carbocycles. The van der Waals surface area contributed by atoms with Gasteiger partial charge in [0.1, 0.15) is 5.82 Å². The minimum absolute atomic E-state index is 0. The van der Waals surface area contributed by atoms with Crippen molar-refractivity contribution in [3.05, 3.63) is 42.6 Å². The van der Waals surface area contributed by atoms with Gasteiger partial charge < -0.3 is 6.92 Å². The summed E-state index contributed by atoms with van der Waals surface area (Å²) in [7, 11) is 0. The first kappa shape index (κ1) is 10.7. The molecule has 0 unspecified atom stereocenters. The molecule has 0 nitrogen and oxygen atoms in total. The summed E-state index contributed by atoms with van der Waals surface area (Å²) in [5.74, 6) is -0.119. The van der Waals surface area contributed by atoms with E-state index in [1.54, 1.807) is 12.1 Å². The SMILES string of the molecule is [CH2-]CCc1ccccc1F.[Li+]. The van der Waals surface area contributed by atoms with Gasteiger partial charge in [0.05, 0.1) is 0 Å². The van der Waals surface area contributed by atoms with Crippen LogP contribution in [0.3, 0.4) is 0 Å². The molecule has 0 bridgehead atoms. The summed E-state index contributed by atoms with van der Waals surface area (Å²) in [6, 6.07) is 6.81. The molecule has 0 aliphatic heterocycles. The summed E-state index contributed by atoms with van der Waals surface area (Å²) < 4.78 is 12.7. The molecule has 0 atom stereocenters. The van der Waals surface area contributed by atoms with Crippen LogP contribution in [0.4, 0.5) is 4.39 Å². The van der Waals surface area contributed by atoms with Crippen LogP contribution in [0.1, 0.15) is 12.0 Å². The Morgan fingerprint density at radius 2 is 1.91 bits per heavy atom. The Labute approximate surface area is 79.0 Å². The fourth-order valence-corrected chi connectivity index (χ4v) is 0.892. The fraction of sp³-hybridized carbons (Fsp3) is 0.222. The Kier molecular flexibility index (Phi) is 5.28. The molecular weight excluding hydrogens is 134 g/mol. The van der Waals surface area contributed by atoms with Gasteiger partial charge in [0.2, 0.25) is 0 Å². The van der Waals surface area contributed by atoms with Crippen LogP contribution in [0.5, 0.6) is 0 Å². The maximum Gasteiger partial charge on any atom is 1.00 e. The molecule has 0 amide bonds. The summed E-state index contributed by atoms with van der Waals surface area (Å²) in [5.41, 5.74) is 0.762. The molecule has 0 fully saturated rings. The van der Waals surface area contributed by atoms with Crippen molar-refractivity contribution >= 4 is 0 Å². The van der Waals surface area contributed by atoms with Crippen LogP contribution in [0.2, 0.25) is 0 Å². The van der Waals surface area contributed by atoms with Gasteiger partial charge in [-0.2, -0.15) is 6.42 Å². The second-order valence-corrected chi connectivity index (χ2v) is 2.19. The number of aryl methyl sites for hydroxylation is 1. The zero-order valence-corrected chi connectivity index (χ0v) is 6.81. The Morgan fingerprint density at radius 3 is 2.45 bits per heavy atom. The van der Waals surface area contributed by atoms with Crippen molar-refractivity contribution in [2.75, 3.05) is 0 Å². The fourth-order valence-electron chi connectivity index (χ4n) is 0.892. The number of rotatable bonds is 2. The van der Waals surface area contributed by atoms with Crippen molar-refractivity contribution in [2.24, 2.45) is 0 Å². The zero-order valence-electron chi connectivity index (χ0n) is 6.81. The second-order valence-electron chi connectivity index (χ2n) is 2.19. The van der Waals surface area contributed by atoms with Crippen LogP contribution >= 0.6 is 0 Å². The topological polar surface area (TPSA) is 0 Å². The van der Waals surface area contributed by atoms with Gasteiger partial charge in [0, 0.05) is 0 Å². The smallest absolute Gasteiger partial charge is 0.343 e. The van der Waals surface area contributed by atoms with Gasteiger partial charge in [0.15, 0.2) is 0 Å². The van der Waals surface area contributed by atoms with Gasteiger partial charge in [-0.25, -0.2) is 4.39 Å². The monoisotopic (exact) mass is 144 g/mol. The maximum absolute atomic E-state index is 12.7. The van der Waals surface area contributed by atoms with E-state index < -0.39 is 0 Å². The molecule has 0 saturated heterocycles. The van der Waals surface area contributed by atoms with Crippen molar-refractivity contribution in [3.63, 3.8) is 0 Å². The molecule has 54 valence electrons. The summed E-state index contributed by atoms with van der Waals surface area (Å²) in [6.45, 7) is 3.66. The third-order valence-corrected chi connectivity index (χ3v) is 1.40. The summed E-state index contributed by atoms with van der Waals surface area (Å²) >= 11 is 0. The molecule has 0 N–H and O–H groups in total. The van der Waals surface area contributed by atoms with Crippen molar-refractivity contribution in [2.45, 2.75) is 12.8 Å². The normalized spacial score (nSPS) is 8.91. The van der Waals surface area contributed by atoms with E-state index >= 15 is 0 Å². The Hall–Kier alpha value is -0.253. The van der Waals surface area contributed by atoms with Gasteiger partial charge in [0.25, 0.3) is 0 Å². The third-order valence-electron chi connectivity index (χ3n) is 1.40. The zero-order chi connectivity index (χ0) is 7.40. The average molecular weight is 144 g/mol. The molecule has 0 radical (unpaired) electrons. The van der Waals surface area contributed by atoms with Crippen LogP contribution in [-0.4, -0.2) is 0 Å². The molecule has 0 aromatic heterocycles. The Morgan fingerprint density at radius 1 is 1.27 bits per heavy atom. The van der Waals surface area contributed by atoms with Gasteiger partial charge in [-0.1, -0.05) is 24.6 Å². The average Bonchev–Trinajstić information content (AvgIpc) is 1.94. The number of hydrogen-bond donors (Lipinski definition) is 0. The van der Waals surface area contributed by atoms with Gasteiger partial charge in [-0.15, -0.1) is 0 Å². The molecule has 0 aliphatic carbocycles. The predicted molar refractivity (Wildman–Crippen MR) is 40.1 cm³/mol. The molecule has 0 heterocycles. The first-order chi connectivity index (χ1) is 4.84. The van der Waals surface area contributed by atoms with Crippen LogP contribution in [0.15, 0.2) is 24.3 Å². The molecule has 0 spiro atoms. The molecule has 1 aromatic rings. The molecule has 0 saturated carbocycles. The summed E-state index contributed by atoms with van der Waals surface area (Å²) in [6.07, 6.45) is 1.48. The summed E-state index contributed by atoms with van der Waals surface area (Å²) in [5, 5.41) is 0. The first-order valence-corrected chi connectivity index (χ1v) is 3.37. The molecule has 0 aliphatic rings. The van der Waals surface area contributed by atoms with Gasteiger partial charge in [-0.05, 0) is 11.6 Å². The van der Waals surface area contributed by atoms with Gasteiger partial charge >= 0.3 is 18.9 Å². The van der Waals surface area contributed by atoms with Gasteiger partial charge in [-0.3, -0.25) is 0 Å². The molecule has 1 rings (SSSR count). The molecular formula is C9H10FLi. The predicted octanol–water partition coefficient (Wildman–Crippen LogP) is -0.404. The summed E-state index contributed by atoms with van der Waals surface area (Å²) in [4.78, 5) is 0. The standard InChI is InChI=1S/C9H10F.Li/c1-2-5-8-6-3-4-7-9(8)10;/h3-4,6-7H,1-2,5H2;/q-1;+1. The third kappa shape index (κ3) is 3.10. The largest absolute Gasteiger partial charge is 1.00 e.